The van der Waals surface area contributed by atoms with Crippen molar-refractivity contribution in [2.45, 2.75) is 38.0 Å². The van der Waals surface area contributed by atoms with Crippen LogP contribution in [-0.4, -0.2) is 19.8 Å². The Hall–Kier alpha value is -0.860. The van der Waals surface area contributed by atoms with Crippen LogP contribution < -0.4 is 5.73 Å². The molecule has 2 aliphatic rings. The van der Waals surface area contributed by atoms with Crippen molar-refractivity contribution in [3.05, 3.63) is 35.4 Å². The molecule has 1 aliphatic carbocycles. The van der Waals surface area contributed by atoms with Crippen LogP contribution in [0.15, 0.2) is 24.3 Å². The van der Waals surface area contributed by atoms with Gasteiger partial charge in [-0.15, -0.1) is 0 Å². The molecule has 98 valence electrons. The fourth-order valence-corrected chi connectivity index (χ4v) is 4.15. The molecule has 0 bridgehead atoms. The maximum Gasteiger partial charge on any atom is 0.0471 e. The summed E-state index contributed by atoms with van der Waals surface area (Å²) in [5.74, 6) is 0. The molecule has 2 fully saturated rings. The van der Waals surface area contributed by atoms with Crippen molar-refractivity contribution < 1.29 is 4.74 Å². The van der Waals surface area contributed by atoms with Crippen molar-refractivity contribution in [3.8, 4) is 0 Å². The van der Waals surface area contributed by atoms with Crippen LogP contribution >= 0.6 is 0 Å². The lowest BCUT2D eigenvalue weighted by Gasteiger charge is -2.58. The molecule has 0 unspecified atom stereocenters. The highest BCUT2D eigenvalue weighted by molar-refractivity contribution is 5.37. The average molecular weight is 245 g/mol. The summed E-state index contributed by atoms with van der Waals surface area (Å²) < 4.78 is 5.50. The van der Waals surface area contributed by atoms with Crippen molar-refractivity contribution >= 4 is 0 Å². The van der Waals surface area contributed by atoms with Crippen molar-refractivity contribution in [3.63, 3.8) is 0 Å². The fraction of sp³-hybridized carbons (Fsp3) is 0.625. The second-order valence-electron chi connectivity index (χ2n) is 6.27. The van der Waals surface area contributed by atoms with Gasteiger partial charge in [0.2, 0.25) is 0 Å². The Labute approximate surface area is 110 Å². The fourth-order valence-electron chi connectivity index (χ4n) is 4.15. The minimum Gasteiger partial charge on any atom is -0.381 e. The van der Waals surface area contributed by atoms with Crippen LogP contribution in [-0.2, 0) is 10.2 Å². The topological polar surface area (TPSA) is 35.2 Å². The maximum atomic E-state index is 6.13. The van der Waals surface area contributed by atoms with Crippen molar-refractivity contribution in [2.75, 3.05) is 19.8 Å². The molecule has 3 rings (SSSR count). The Morgan fingerprint density at radius 3 is 2.44 bits per heavy atom. The third-order valence-corrected chi connectivity index (χ3v) is 5.09. The van der Waals surface area contributed by atoms with Gasteiger partial charge in [-0.1, -0.05) is 24.3 Å². The lowest BCUT2D eigenvalue weighted by atomic mass is 9.47. The molecule has 1 saturated carbocycles. The molecule has 1 spiro atoms. The van der Waals surface area contributed by atoms with Crippen LogP contribution in [0.1, 0.15) is 36.8 Å². The Morgan fingerprint density at radius 1 is 1.17 bits per heavy atom. The minimum absolute atomic E-state index is 0.239. The molecule has 1 aromatic rings. The van der Waals surface area contributed by atoms with Gasteiger partial charge in [-0.05, 0) is 49.1 Å². The van der Waals surface area contributed by atoms with Crippen molar-refractivity contribution in [2.24, 2.45) is 11.1 Å². The third kappa shape index (κ3) is 1.79. The molecule has 1 heterocycles. The first-order valence-corrected chi connectivity index (χ1v) is 7.04. The molecule has 0 radical (unpaired) electrons. The maximum absolute atomic E-state index is 6.13. The smallest absolute Gasteiger partial charge is 0.0471 e. The van der Waals surface area contributed by atoms with Gasteiger partial charge >= 0.3 is 0 Å². The van der Waals surface area contributed by atoms with E-state index < -0.39 is 0 Å². The summed E-state index contributed by atoms with van der Waals surface area (Å²) in [5, 5.41) is 0. The van der Waals surface area contributed by atoms with E-state index in [9.17, 15) is 0 Å². The number of hydrogen-bond donors (Lipinski definition) is 1. The van der Waals surface area contributed by atoms with Crippen LogP contribution in [0.25, 0.3) is 0 Å². The first-order chi connectivity index (χ1) is 8.70. The largest absolute Gasteiger partial charge is 0.381 e. The number of benzene rings is 1. The third-order valence-electron chi connectivity index (χ3n) is 5.09. The Morgan fingerprint density at radius 2 is 1.83 bits per heavy atom. The normalized spacial score (nSPS) is 24.8. The van der Waals surface area contributed by atoms with E-state index >= 15 is 0 Å². The second-order valence-corrected chi connectivity index (χ2v) is 6.27. The predicted octanol–water partition coefficient (Wildman–Crippen LogP) is 2.78. The standard InChI is InChI=1S/C16H23NO/c1-13-4-2-3-5-14(13)16(12-17)10-15(11-16)6-8-18-9-7-15/h2-5H,6-12,17H2,1H3. The van der Waals surface area contributed by atoms with Gasteiger partial charge in [0.25, 0.3) is 0 Å². The van der Waals surface area contributed by atoms with Crippen LogP contribution in [0.3, 0.4) is 0 Å². The summed E-state index contributed by atoms with van der Waals surface area (Å²) in [6, 6.07) is 8.75. The Kier molecular flexibility index (Phi) is 2.95. The minimum atomic E-state index is 0.239. The first-order valence-electron chi connectivity index (χ1n) is 7.04. The highest BCUT2D eigenvalue weighted by Gasteiger charge is 2.54. The molecule has 18 heavy (non-hydrogen) atoms. The van der Waals surface area contributed by atoms with Gasteiger partial charge in [0.05, 0.1) is 0 Å². The van der Waals surface area contributed by atoms with E-state index in [0.717, 1.165) is 19.8 Å². The van der Waals surface area contributed by atoms with E-state index in [1.807, 2.05) is 0 Å². The summed E-state index contributed by atoms with van der Waals surface area (Å²) >= 11 is 0. The molecule has 1 saturated heterocycles. The van der Waals surface area contributed by atoms with Crippen LogP contribution in [0, 0.1) is 12.3 Å². The Bertz CT molecular complexity index is 426. The van der Waals surface area contributed by atoms with Gasteiger partial charge < -0.3 is 10.5 Å². The van der Waals surface area contributed by atoms with Gasteiger partial charge in [0, 0.05) is 25.2 Å². The summed E-state index contributed by atoms with van der Waals surface area (Å²) in [5.41, 5.74) is 9.76. The lowest BCUT2D eigenvalue weighted by molar-refractivity contribution is -0.0716. The number of aryl methyl sites for hydroxylation is 1. The van der Waals surface area contributed by atoms with Gasteiger partial charge in [0.1, 0.15) is 0 Å². The van der Waals surface area contributed by atoms with E-state index in [-0.39, 0.29) is 5.41 Å². The molecular weight excluding hydrogens is 222 g/mol. The molecule has 0 amide bonds. The summed E-state index contributed by atoms with van der Waals surface area (Å²) in [6.07, 6.45) is 4.96. The molecule has 2 heteroatoms. The molecule has 1 aliphatic heterocycles. The van der Waals surface area contributed by atoms with Gasteiger partial charge in [0.15, 0.2) is 0 Å². The zero-order valence-electron chi connectivity index (χ0n) is 11.2. The average Bonchev–Trinajstić information content (AvgIpc) is 2.37. The van der Waals surface area contributed by atoms with Crippen molar-refractivity contribution in [1.29, 1.82) is 0 Å². The van der Waals surface area contributed by atoms with Crippen LogP contribution in [0.5, 0.6) is 0 Å². The molecule has 2 nitrogen and oxygen atoms in total. The first kappa shape index (κ1) is 12.2. The monoisotopic (exact) mass is 245 g/mol. The van der Waals surface area contributed by atoms with Crippen LogP contribution in [0.2, 0.25) is 0 Å². The number of ether oxygens (including phenoxy) is 1. The molecule has 0 atom stereocenters. The molecular formula is C16H23NO. The van der Waals surface area contributed by atoms with E-state index in [1.54, 1.807) is 0 Å². The summed E-state index contributed by atoms with van der Waals surface area (Å²) in [4.78, 5) is 0. The zero-order valence-corrected chi connectivity index (χ0v) is 11.2. The molecule has 2 N–H and O–H groups in total. The van der Waals surface area contributed by atoms with Crippen molar-refractivity contribution in [1.82, 2.24) is 0 Å². The highest BCUT2D eigenvalue weighted by Crippen LogP contribution is 2.60. The van der Waals surface area contributed by atoms with E-state index in [2.05, 4.69) is 31.2 Å². The summed E-state index contributed by atoms with van der Waals surface area (Å²) in [7, 11) is 0. The quantitative estimate of drug-likeness (QED) is 0.869. The number of rotatable bonds is 2. The predicted molar refractivity (Wildman–Crippen MR) is 73.6 cm³/mol. The van der Waals surface area contributed by atoms with Gasteiger partial charge in [-0.3, -0.25) is 0 Å². The van der Waals surface area contributed by atoms with E-state index in [4.69, 9.17) is 10.5 Å². The highest BCUT2D eigenvalue weighted by atomic mass is 16.5. The molecule has 1 aromatic carbocycles. The number of nitrogens with two attached hydrogens (primary N) is 1. The number of hydrogen-bond acceptors (Lipinski definition) is 2. The zero-order chi connectivity index (χ0) is 12.6. The second kappa shape index (κ2) is 4.36. The van der Waals surface area contributed by atoms with Gasteiger partial charge in [-0.25, -0.2) is 0 Å². The Balaban J connectivity index is 1.84. The van der Waals surface area contributed by atoms with Gasteiger partial charge in [-0.2, -0.15) is 0 Å². The van der Waals surface area contributed by atoms with E-state index in [1.165, 1.54) is 36.8 Å². The van der Waals surface area contributed by atoms with E-state index in [0.29, 0.717) is 5.41 Å². The molecule has 0 aromatic heterocycles. The van der Waals surface area contributed by atoms with Crippen LogP contribution in [0.4, 0.5) is 0 Å². The SMILES string of the molecule is Cc1ccccc1C1(CN)CC2(CCOCC2)C1. The summed E-state index contributed by atoms with van der Waals surface area (Å²) in [6.45, 7) is 4.87. The lowest BCUT2D eigenvalue weighted by Crippen LogP contribution is -2.55.